The number of β-lactam (4-membered cyclic amide) rings is 1. The van der Waals surface area contributed by atoms with Crippen molar-refractivity contribution in [3.63, 3.8) is 0 Å². The Morgan fingerprint density at radius 3 is 3.00 bits per heavy atom. The van der Waals surface area contributed by atoms with E-state index >= 15 is 0 Å². The first-order valence-corrected chi connectivity index (χ1v) is 6.11. The van der Waals surface area contributed by atoms with Crippen molar-refractivity contribution in [2.45, 2.75) is 25.1 Å². The van der Waals surface area contributed by atoms with Gasteiger partial charge in [0, 0.05) is 22.0 Å². The molecule has 0 saturated carbocycles. The summed E-state index contributed by atoms with van der Waals surface area (Å²) < 4.78 is 0. The summed E-state index contributed by atoms with van der Waals surface area (Å²) in [5.74, 6) is 0.106. The summed E-state index contributed by atoms with van der Waals surface area (Å²) in [4.78, 5) is 12.3. The first kappa shape index (κ1) is 7.75. The summed E-state index contributed by atoms with van der Waals surface area (Å²) in [5.41, 5.74) is 0. The molecule has 0 spiro atoms. The molecule has 58 valence electrons. The maximum Gasteiger partial charge on any atom is 0.226 e. The average Bonchev–Trinajstić information content (AvgIpc) is 1.88. The Labute approximate surface area is 62.8 Å². The highest BCUT2D eigenvalue weighted by atomic mass is 28.2. The monoisotopic (exact) mass is 159 g/mol. The quantitative estimate of drug-likeness (QED) is 0.431. The van der Waals surface area contributed by atoms with Crippen LogP contribution in [0.15, 0.2) is 0 Å². The van der Waals surface area contributed by atoms with E-state index in [0.717, 1.165) is 6.04 Å². The third-order valence-corrected chi connectivity index (χ3v) is 3.19. The molecule has 1 fully saturated rings. The molecule has 0 bridgehead atoms. The minimum atomic E-state index is -0.0854. The number of hydrogen-bond acceptors (Lipinski definition) is 2. The van der Waals surface area contributed by atoms with E-state index in [1.165, 1.54) is 0 Å². The molecule has 1 saturated heterocycles. The highest BCUT2D eigenvalue weighted by molar-refractivity contribution is 6.33. The van der Waals surface area contributed by atoms with Crippen LogP contribution in [0.1, 0.15) is 6.42 Å². The summed E-state index contributed by atoms with van der Waals surface area (Å²) in [6.07, 6.45) is 0.668. The molecule has 0 unspecified atom stereocenters. The van der Waals surface area contributed by atoms with Crippen LogP contribution in [0.4, 0.5) is 0 Å². The molecule has 0 aromatic rings. The third kappa shape index (κ3) is 1.22. The van der Waals surface area contributed by atoms with E-state index in [1.807, 2.05) is 0 Å². The zero-order valence-corrected chi connectivity index (χ0v) is 7.62. The van der Waals surface area contributed by atoms with Crippen molar-refractivity contribution >= 4 is 15.4 Å². The van der Waals surface area contributed by atoms with Crippen LogP contribution in [0.25, 0.3) is 0 Å². The number of aliphatic hydroxyl groups is 1. The zero-order valence-electron chi connectivity index (χ0n) is 6.21. The van der Waals surface area contributed by atoms with Gasteiger partial charge in [0.25, 0.3) is 0 Å². The second-order valence-electron chi connectivity index (χ2n) is 2.65. The van der Waals surface area contributed by atoms with Gasteiger partial charge in [-0.2, -0.15) is 0 Å². The summed E-state index contributed by atoms with van der Waals surface area (Å²) >= 11 is 0. The van der Waals surface area contributed by atoms with Gasteiger partial charge in [0.05, 0.1) is 0 Å². The third-order valence-electron chi connectivity index (χ3n) is 1.95. The summed E-state index contributed by atoms with van der Waals surface area (Å²) in [7, 11) is 0.0380. The van der Waals surface area contributed by atoms with E-state index < -0.39 is 0 Å². The Bertz CT molecular complexity index is 140. The number of carbonyl (C=O) groups is 1. The Morgan fingerprint density at radius 1 is 1.90 bits per heavy atom. The van der Waals surface area contributed by atoms with Gasteiger partial charge in [0.2, 0.25) is 5.91 Å². The SMILES string of the molecule is C[SiH2]C[C@@H]1CC(=O)N1CO. The van der Waals surface area contributed by atoms with Gasteiger partial charge in [-0.1, -0.05) is 6.55 Å². The van der Waals surface area contributed by atoms with Gasteiger partial charge in [-0.05, 0) is 6.04 Å². The lowest BCUT2D eigenvalue weighted by molar-refractivity contribution is -0.150. The predicted octanol–water partition coefficient (Wildman–Crippen LogP) is -0.828. The molecule has 1 rings (SSSR count). The van der Waals surface area contributed by atoms with Crippen LogP contribution in [-0.4, -0.2) is 38.2 Å². The lowest BCUT2D eigenvalue weighted by atomic mass is 10.1. The van der Waals surface area contributed by atoms with E-state index in [2.05, 4.69) is 6.55 Å². The number of hydrogen-bond donors (Lipinski definition) is 1. The number of rotatable bonds is 3. The summed E-state index contributed by atoms with van der Waals surface area (Å²) in [6.45, 7) is 2.14. The highest BCUT2D eigenvalue weighted by Crippen LogP contribution is 2.20. The van der Waals surface area contributed by atoms with Crippen molar-refractivity contribution in [1.29, 1.82) is 0 Å². The van der Waals surface area contributed by atoms with Gasteiger partial charge >= 0.3 is 0 Å². The average molecular weight is 159 g/mol. The van der Waals surface area contributed by atoms with Crippen LogP contribution in [0, 0.1) is 0 Å². The highest BCUT2D eigenvalue weighted by Gasteiger charge is 2.33. The molecule has 3 nitrogen and oxygen atoms in total. The predicted molar refractivity (Wildman–Crippen MR) is 41.6 cm³/mol. The van der Waals surface area contributed by atoms with Crippen LogP contribution in [0.2, 0.25) is 12.6 Å². The maximum atomic E-state index is 10.7. The molecule has 0 aromatic heterocycles. The number of aliphatic hydroxyl groups excluding tert-OH is 1. The summed E-state index contributed by atoms with van der Waals surface area (Å²) in [6, 6.07) is 1.54. The molecule has 1 amide bonds. The first-order valence-electron chi connectivity index (χ1n) is 3.70. The Morgan fingerprint density at radius 2 is 2.60 bits per heavy atom. The Kier molecular flexibility index (Phi) is 2.45. The van der Waals surface area contributed by atoms with Gasteiger partial charge in [-0.3, -0.25) is 4.79 Å². The van der Waals surface area contributed by atoms with E-state index in [0.29, 0.717) is 12.5 Å². The van der Waals surface area contributed by atoms with Crippen LogP contribution >= 0.6 is 0 Å². The smallest absolute Gasteiger partial charge is 0.226 e. The molecule has 0 radical (unpaired) electrons. The minimum Gasteiger partial charge on any atom is -0.376 e. The van der Waals surface area contributed by atoms with E-state index in [4.69, 9.17) is 5.11 Å². The summed E-state index contributed by atoms with van der Waals surface area (Å²) in [5, 5.41) is 8.67. The zero-order chi connectivity index (χ0) is 7.56. The second-order valence-corrected chi connectivity index (χ2v) is 4.23. The molecule has 1 aliphatic heterocycles. The molecule has 1 atom stereocenters. The van der Waals surface area contributed by atoms with Crippen molar-refractivity contribution < 1.29 is 9.90 Å². The molecule has 10 heavy (non-hydrogen) atoms. The number of likely N-dealkylation sites (tertiary alicyclic amines) is 1. The van der Waals surface area contributed by atoms with E-state index in [1.54, 1.807) is 4.90 Å². The fourth-order valence-electron chi connectivity index (χ4n) is 1.31. The standard InChI is InChI=1S/C6H13NO2Si/c1-10-3-5-2-6(9)7(5)4-8/h5,8H,2-4,10H2,1H3/t5-/m0/s1. The maximum absolute atomic E-state index is 10.7. The van der Waals surface area contributed by atoms with Crippen LogP contribution in [0.5, 0.6) is 0 Å². The van der Waals surface area contributed by atoms with Crippen molar-refractivity contribution in [2.75, 3.05) is 6.73 Å². The molecule has 1 aliphatic rings. The molecule has 1 heterocycles. The van der Waals surface area contributed by atoms with Crippen molar-refractivity contribution in [2.24, 2.45) is 0 Å². The molecule has 4 heteroatoms. The Balaban J connectivity index is 2.30. The lowest BCUT2D eigenvalue weighted by Gasteiger charge is -2.38. The fraction of sp³-hybridized carbons (Fsp3) is 0.833. The second kappa shape index (κ2) is 3.16. The van der Waals surface area contributed by atoms with Crippen LogP contribution < -0.4 is 0 Å². The van der Waals surface area contributed by atoms with E-state index in [9.17, 15) is 4.79 Å². The van der Waals surface area contributed by atoms with Crippen molar-refractivity contribution in [3.8, 4) is 0 Å². The van der Waals surface area contributed by atoms with Gasteiger partial charge < -0.3 is 10.0 Å². The topological polar surface area (TPSA) is 40.5 Å². The Hall–Kier alpha value is -0.353. The molecule has 0 aliphatic carbocycles. The van der Waals surface area contributed by atoms with Crippen LogP contribution in [-0.2, 0) is 4.79 Å². The fourth-order valence-corrected chi connectivity index (χ4v) is 2.49. The largest absolute Gasteiger partial charge is 0.376 e. The van der Waals surface area contributed by atoms with Gasteiger partial charge in [0.15, 0.2) is 0 Å². The lowest BCUT2D eigenvalue weighted by Crippen LogP contribution is -2.52. The van der Waals surface area contributed by atoms with Gasteiger partial charge in [0.1, 0.15) is 6.73 Å². The normalized spacial score (nSPS) is 26.0. The van der Waals surface area contributed by atoms with Gasteiger partial charge in [-0.15, -0.1) is 0 Å². The number of amides is 1. The molecular weight excluding hydrogens is 146 g/mol. The molecule has 1 N–H and O–H groups in total. The minimum absolute atomic E-state index is 0.0380. The number of nitrogens with zero attached hydrogens (tertiary/aromatic N) is 1. The molecule has 0 aromatic carbocycles. The van der Waals surface area contributed by atoms with E-state index in [-0.39, 0.29) is 22.2 Å². The first-order chi connectivity index (χ1) is 4.79. The van der Waals surface area contributed by atoms with Gasteiger partial charge in [-0.25, -0.2) is 0 Å². The number of carbonyl (C=O) groups excluding carboxylic acids is 1. The van der Waals surface area contributed by atoms with Crippen molar-refractivity contribution in [1.82, 2.24) is 4.90 Å². The van der Waals surface area contributed by atoms with Crippen molar-refractivity contribution in [3.05, 3.63) is 0 Å². The van der Waals surface area contributed by atoms with Crippen LogP contribution in [0.3, 0.4) is 0 Å². The molecular formula is C6H13NO2Si.